The first-order valence-electron chi connectivity index (χ1n) is 14.3. The van der Waals surface area contributed by atoms with Crippen molar-refractivity contribution in [2.24, 2.45) is 10.2 Å². The van der Waals surface area contributed by atoms with E-state index >= 15 is 0 Å². The molecule has 2 N–H and O–H groups in total. The molecule has 12 nitrogen and oxygen atoms in total. The Labute approximate surface area is 334 Å². The van der Waals surface area contributed by atoms with Crippen LogP contribution >= 0.6 is 0 Å². The van der Waals surface area contributed by atoms with Crippen LogP contribution in [0.3, 0.4) is 0 Å². The van der Waals surface area contributed by atoms with Gasteiger partial charge in [0.05, 0.1) is 15.5 Å². The van der Waals surface area contributed by atoms with Crippen LogP contribution in [0.4, 0.5) is 17.1 Å². The fraction of sp³-hybridized carbons (Fsp3) is 0.147. The number of para-hydroxylation sites is 1. The number of carbonyl (C=O) groups excluding carboxylic acids is 1. The van der Waals surface area contributed by atoms with E-state index in [1.807, 2.05) is 45.9 Å². The Kier molecular flexibility index (Phi) is 13.2. The SMILES string of the molecule is Cc1ccc(C(C)(C)C)c(Oc2ccccc2N=Nc2c(S(=O)(=O)[O-])cc3cc(S(=O)(=O)[O-])cc(NC(=O)c4ccccc4)c3c2O)c1.[Na+].[Na+]. The number of aryl methyl sites for hydroxylation is 1. The molecular formula is C34H29N3Na2O9S2. The van der Waals surface area contributed by atoms with E-state index < -0.39 is 47.4 Å². The zero-order valence-electron chi connectivity index (χ0n) is 28.1. The number of phenols is 1. The molecule has 0 aromatic heterocycles. The first-order valence-corrected chi connectivity index (χ1v) is 17.2. The summed E-state index contributed by atoms with van der Waals surface area (Å²) in [4.78, 5) is 11.1. The first kappa shape index (κ1) is 41.3. The van der Waals surface area contributed by atoms with Crippen molar-refractivity contribution in [3.63, 3.8) is 0 Å². The zero-order valence-corrected chi connectivity index (χ0v) is 33.7. The number of phenolic OH excluding ortho intramolecular Hbond substituents is 1. The van der Waals surface area contributed by atoms with Gasteiger partial charge in [0.1, 0.15) is 37.4 Å². The summed E-state index contributed by atoms with van der Waals surface area (Å²) in [5.74, 6) is -0.886. The summed E-state index contributed by atoms with van der Waals surface area (Å²) < 4.78 is 79.4. The zero-order chi connectivity index (χ0) is 35.0. The third-order valence-electron chi connectivity index (χ3n) is 7.25. The largest absolute Gasteiger partial charge is 1.00 e. The van der Waals surface area contributed by atoms with Crippen LogP contribution in [-0.2, 0) is 25.7 Å². The van der Waals surface area contributed by atoms with E-state index in [1.165, 1.54) is 18.2 Å². The molecule has 50 heavy (non-hydrogen) atoms. The van der Waals surface area contributed by atoms with Crippen molar-refractivity contribution in [2.75, 3.05) is 5.32 Å². The monoisotopic (exact) mass is 733 g/mol. The number of nitrogens with zero attached hydrogens (tertiary/aromatic N) is 2. The van der Waals surface area contributed by atoms with E-state index in [4.69, 9.17) is 4.74 Å². The van der Waals surface area contributed by atoms with Crippen molar-refractivity contribution >= 4 is 54.0 Å². The molecule has 16 heteroatoms. The quantitative estimate of drug-likeness (QED) is 0.135. The topological polar surface area (TPSA) is 198 Å². The minimum atomic E-state index is -5.37. The van der Waals surface area contributed by atoms with Crippen LogP contribution in [0.1, 0.15) is 42.3 Å². The van der Waals surface area contributed by atoms with Crippen LogP contribution in [0.5, 0.6) is 17.2 Å². The minimum Gasteiger partial charge on any atom is -0.744 e. The molecule has 0 atom stereocenters. The summed E-state index contributed by atoms with van der Waals surface area (Å²) in [5.41, 5.74) is 0.663. The third kappa shape index (κ3) is 9.39. The van der Waals surface area contributed by atoms with Crippen molar-refractivity contribution < 1.29 is 99.7 Å². The fourth-order valence-corrected chi connectivity index (χ4v) is 6.14. The maximum atomic E-state index is 13.0. The van der Waals surface area contributed by atoms with Gasteiger partial charge < -0.3 is 24.3 Å². The number of carbonyl (C=O) groups is 1. The average molecular weight is 734 g/mol. The second kappa shape index (κ2) is 16.0. The minimum absolute atomic E-state index is 0. The molecule has 0 unspecified atom stereocenters. The van der Waals surface area contributed by atoms with E-state index in [0.29, 0.717) is 5.75 Å². The van der Waals surface area contributed by atoms with Crippen molar-refractivity contribution in [3.05, 3.63) is 108 Å². The molecule has 0 bridgehead atoms. The molecule has 0 fully saturated rings. The Morgan fingerprint density at radius 3 is 2.06 bits per heavy atom. The van der Waals surface area contributed by atoms with Gasteiger partial charge in [-0.3, -0.25) is 4.79 Å². The van der Waals surface area contributed by atoms with Crippen molar-refractivity contribution in [1.29, 1.82) is 0 Å². The summed E-state index contributed by atoms with van der Waals surface area (Å²) in [5, 5.41) is 21.3. The Morgan fingerprint density at radius 2 is 1.44 bits per heavy atom. The van der Waals surface area contributed by atoms with E-state index in [2.05, 4.69) is 15.5 Å². The molecule has 0 aliphatic heterocycles. The molecule has 0 saturated heterocycles. The van der Waals surface area contributed by atoms with Gasteiger partial charge in [-0.2, -0.15) is 0 Å². The van der Waals surface area contributed by atoms with Crippen LogP contribution in [0.25, 0.3) is 10.8 Å². The summed E-state index contributed by atoms with van der Waals surface area (Å²) in [6, 6.07) is 22.3. The van der Waals surface area contributed by atoms with Gasteiger partial charge in [0.2, 0.25) is 0 Å². The van der Waals surface area contributed by atoms with Gasteiger partial charge in [-0.1, -0.05) is 63.2 Å². The van der Waals surface area contributed by atoms with E-state index in [0.717, 1.165) is 29.3 Å². The number of amides is 1. The van der Waals surface area contributed by atoms with Crippen molar-refractivity contribution in [3.8, 4) is 17.2 Å². The molecule has 248 valence electrons. The summed E-state index contributed by atoms with van der Waals surface area (Å²) in [7, 11) is -10.5. The number of benzene rings is 5. The molecule has 1 amide bonds. The van der Waals surface area contributed by atoms with Crippen LogP contribution in [0.15, 0.2) is 111 Å². The predicted octanol–water partition coefficient (Wildman–Crippen LogP) is 1.43. The Balaban J connectivity index is 0.00000338. The molecule has 5 aromatic rings. The molecule has 0 radical (unpaired) electrons. The third-order valence-corrected chi connectivity index (χ3v) is 8.92. The van der Waals surface area contributed by atoms with Crippen LogP contribution in [-0.4, -0.2) is 37.0 Å². The standard InChI is InChI=1S/C34H31N3O9S2.2Na/c1-20-14-15-24(34(2,3)4)28(16-20)46-27-13-9-8-12-25(27)36-37-31-29(48(43,44)45)18-22-17-23(47(40,41)42)19-26(30(22)32(31)38)35-33(39)21-10-6-5-7-11-21;;/h5-19,38H,1-4H3,(H,35,39)(H,40,41,42)(H,43,44,45);;/q;2*+1/p-2. The smallest absolute Gasteiger partial charge is 0.744 e. The van der Waals surface area contributed by atoms with E-state index in [9.17, 15) is 35.8 Å². The molecular weight excluding hydrogens is 704 g/mol. The predicted molar refractivity (Wildman–Crippen MR) is 177 cm³/mol. The number of azo groups is 1. The van der Waals surface area contributed by atoms with Crippen LogP contribution in [0, 0.1) is 6.92 Å². The molecule has 0 saturated carbocycles. The van der Waals surface area contributed by atoms with Crippen LogP contribution in [0.2, 0.25) is 0 Å². The molecule has 5 rings (SSSR count). The number of hydrogen-bond acceptors (Lipinski definition) is 11. The molecule has 0 aliphatic carbocycles. The van der Waals surface area contributed by atoms with E-state index in [1.54, 1.807) is 36.4 Å². The van der Waals surface area contributed by atoms with Gasteiger partial charge in [0, 0.05) is 16.5 Å². The van der Waals surface area contributed by atoms with Gasteiger partial charge in [0.25, 0.3) is 5.91 Å². The molecule has 0 aliphatic rings. The number of hydrogen-bond donors (Lipinski definition) is 2. The summed E-state index contributed by atoms with van der Waals surface area (Å²) in [6.45, 7) is 7.98. The maximum absolute atomic E-state index is 13.0. The average Bonchev–Trinajstić information content (AvgIpc) is 3.00. The summed E-state index contributed by atoms with van der Waals surface area (Å²) in [6.07, 6.45) is 0. The van der Waals surface area contributed by atoms with Gasteiger partial charge >= 0.3 is 59.1 Å². The Morgan fingerprint density at radius 1 is 0.800 bits per heavy atom. The fourth-order valence-electron chi connectivity index (χ4n) is 4.96. The number of anilines is 1. The molecule has 0 spiro atoms. The van der Waals surface area contributed by atoms with Gasteiger partial charge in [0.15, 0.2) is 11.5 Å². The van der Waals surface area contributed by atoms with Crippen molar-refractivity contribution in [2.45, 2.75) is 42.9 Å². The number of ether oxygens (including phenoxy) is 1. The van der Waals surface area contributed by atoms with E-state index in [-0.39, 0.29) is 98.0 Å². The normalized spacial score (nSPS) is 11.9. The number of fused-ring (bicyclic) bond motifs is 1. The maximum Gasteiger partial charge on any atom is 1.00 e. The Hall–Kier alpha value is -3.15. The second-order valence-corrected chi connectivity index (χ2v) is 14.6. The second-order valence-electron chi connectivity index (χ2n) is 11.9. The molecule has 5 aromatic carbocycles. The van der Waals surface area contributed by atoms with Gasteiger partial charge in [-0.25, -0.2) is 16.8 Å². The number of rotatable bonds is 8. The van der Waals surface area contributed by atoms with Crippen LogP contribution < -0.4 is 69.2 Å². The number of nitrogens with one attached hydrogen (secondary N) is 1. The van der Waals surface area contributed by atoms with Gasteiger partial charge in [-0.15, -0.1) is 10.2 Å². The summed E-state index contributed by atoms with van der Waals surface area (Å²) >= 11 is 0. The van der Waals surface area contributed by atoms with Crippen molar-refractivity contribution in [1.82, 2.24) is 0 Å². The Bertz CT molecular complexity index is 2330. The van der Waals surface area contributed by atoms with Gasteiger partial charge in [-0.05, 0) is 71.8 Å². The molecule has 0 heterocycles. The number of aromatic hydroxyl groups is 1. The first-order chi connectivity index (χ1) is 22.4.